The molecule has 0 saturated carbocycles. The summed E-state index contributed by atoms with van der Waals surface area (Å²) in [7, 11) is 3.55. The summed E-state index contributed by atoms with van der Waals surface area (Å²) in [5.41, 5.74) is 0.412. The third-order valence-corrected chi connectivity index (χ3v) is 3.49. The summed E-state index contributed by atoms with van der Waals surface area (Å²) in [6.45, 7) is 0.623. The zero-order valence-electron chi connectivity index (χ0n) is 11.6. The van der Waals surface area contributed by atoms with Crippen molar-refractivity contribution in [3.05, 3.63) is 35.6 Å². The first kappa shape index (κ1) is 16.0. The van der Waals surface area contributed by atoms with Gasteiger partial charge in [0, 0.05) is 12.1 Å². The fourth-order valence-electron chi connectivity index (χ4n) is 1.88. The van der Waals surface area contributed by atoms with E-state index in [1.165, 1.54) is 6.07 Å². The average molecular weight is 284 g/mol. The van der Waals surface area contributed by atoms with E-state index >= 15 is 0 Å². The minimum Gasteiger partial charge on any atom is -0.354 e. The Morgan fingerprint density at radius 3 is 2.68 bits per heavy atom. The highest BCUT2D eigenvalue weighted by atomic mass is 32.2. The molecule has 0 fully saturated rings. The van der Waals surface area contributed by atoms with Gasteiger partial charge in [-0.2, -0.15) is 11.8 Å². The van der Waals surface area contributed by atoms with Gasteiger partial charge in [-0.3, -0.25) is 9.69 Å². The van der Waals surface area contributed by atoms with Crippen LogP contribution in [0.2, 0.25) is 0 Å². The third kappa shape index (κ3) is 4.84. The fourth-order valence-corrected chi connectivity index (χ4v) is 2.31. The van der Waals surface area contributed by atoms with Crippen molar-refractivity contribution >= 4 is 17.7 Å². The van der Waals surface area contributed by atoms with Crippen molar-refractivity contribution in [2.24, 2.45) is 0 Å². The molecule has 0 aromatic heterocycles. The highest BCUT2D eigenvalue weighted by molar-refractivity contribution is 7.98. The van der Waals surface area contributed by atoms with Crippen molar-refractivity contribution in [3.63, 3.8) is 0 Å². The monoisotopic (exact) mass is 284 g/mol. The van der Waals surface area contributed by atoms with E-state index in [1.54, 1.807) is 49.0 Å². The third-order valence-electron chi connectivity index (χ3n) is 2.79. The second kappa shape index (κ2) is 8.17. The highest BCUT2D eigenvalue weighted by Gasteiger charge is 2.24. The molecule has 0 aliphatic heterocycles. The van der Waals surface area contributed by atoms with Crippen molar-refractivity contribution in [1.82, 2.24) is 10.2 Å². The van der Waals surface area contributed by atoms with Crippen LogP contribution in [0.25, 0.3) is 0 Å². The topological polar surface area (TPSA) is 32.3 Å². The van der Waals surface area contributed by atoms with Gasteiger partial charge in [0.05, 0.1) is 0 Å². The predicted octanol–water partition coefficient (Wildman–Crippen LogP) is 2.30. The normalized spacial score (nSPS) is 12.5. The molecule has 3 nitrogen and oxygen atoms in total. The van der Waals surface area contributed by atoms with Crippen molar-refractivity contribution < 1.29 is 9.18 Å². The lowest BCUT2D eigenvalue weighted by molar-refractivity contribution is -0.125. The Hall–Kier alpha value is -1.07. The van der Waals surface area contributed by atoms with Crippen molar-refractivity contribution in [1.29, 1.82) is 0 Å². The van der Waals surface area contributed by atoms with E-state index in [2.05, 4.69) is 5.32 Å². The summed E-state index contributed by atoms with van der Waals surface area (Å²) >= 11 is 1.75. The molecule has 19 heavy (non-hydrogen) atoms. The Kier molecular flexibility index (Phi) is 6.87. The van der Waals surface area contributed by atoms with Gasteiger partial charge in [0.25, 0.3) is 0 Å². The van der Waals surface area contributed by atoms with Crippen LogP contribution < -0.4 is 5.32 Å². The second-order valence-electron chi connectivity index (χ2n) is 4.53. The summed E-state index contributed by atoms with van der Waals surface area (Å²) in [5.74, 6) is 0.503. The van der Waals surface area contributed by atoms with Gasteiger partial charge in [0.15, 0.2) is 0 Å². The maximum atomic E-state index is 13.8. The van der Waals surface area contributed by atoms with Crippen LogP contribution >= 0.6 is 11.8 Å². The van der Waals surface area contributed by atoms with E-state index in [0.717, 1.165) is 12.2 Å². The average Bonchev–Trinajstić information content (AvgIpc) is 2.37. The summed E-state index contributed by atoms with van der Waals surface area (Å²) in [5, 5.41) is 2.86. The number of benzene rings is 1. The predicted molar refractivity (Wildman–Crippen MR) is 78.8 cm³/mol. The molecule has 0 saturated heterocycles. The first-order valence-corrected chi connectivity index (χ1v) is 7.64. The molecule has 106 valence electrons. The second-order valence-corrected chi connectivity index (χ2v) is 5.51. The minimum atomic E-state index is -0.588. The molecule has 0 bridgehead atoms. The molecule has 1 N–H and O–H groups in total. The largest absolute Gasteiger partial charge is 0.354 e. The number of hydrogen-bond acceptors (Lipinski definition) is 3. The van der Waals surface area contributed by atoms with Gasteiger partial charge in [-0.05, 0) is 38.6 Å². The van der Waals surface area contributed by atoms with Crippen LogP contribution in [0, 0.1) is 5.82 Å². The molecule has 1 aromatic rings. The van der Waals surface area contributed by atoms with Crippen molar-refractivity contribution in [2.45, 2.75) is 12.5 Å². The molecular formula is C14H21FN2OS. The number of carbonyl (C=O) groups excluding carboxylic acids is 1. The van der Waals surface area contributed by atoms with E-state index in [4.69, 9.17) is 0 Å². The highest BCUT2D eigenvalue weighted by Crippen LogP contribution is 2.21. The van der Waals surface area contributed by atoms with Crippen LogP contribution in [0.15, 0.2) is 24.3 Å². The standard InChI is InChI=1S/C14H21FN2OS/c1-17(2)13(11-7-4-5-8-12(11)15)14(18)16-9-6-10-19-3/h4-5,7-8,13H,6,9-10H2,1-3H3,(H,16,18)/t13-/m0/s1. The van der Waals surface area contributed by atoms with Crippen LogP contribution in [-0.4, -0.2) is 43.5 Å². The number of amides is 1. The first-order chi connectivity index (χ1) is 9.07. The molecule has 5 heteroatoms. The van der Waals surface area contributed by atoms with E-state index in [1.807, 2.05) is 6.26 Å². The van der Waals surface area contributed by atoms with Gasteiger partial charge >= 0.3 is 0 Å². The number of nitrogens with one attached hydrogen (secondary N) is 1. The van der Waals surface area contributed by atoms with Crippen LogP contribution in [0.4, 0.5) is 4.39 Å². The Labute approximate surface area is 118 Å². The molecule has 1 aromatic carbocycles. The van der Waals surface area contributed by atoms with Gasteiger partial charge in [0.2, 0.25) is 5.91 Å². The fraction of sp³-hybridized carbons (Fsp3) is 0.500. The molecular weight excluding hydrogens is 263 g/mol. The quantitative estimate of drug-likeness (QED) is 0.780. The number of thioether (sulfide) groups is 1. The molecule has 0 aliphatic carbocycles. The SMILES string of the molecule is CSCCCNC(=O)[C@H](c1ccccc1F)N(C)C. The lowest BCUT2D eigenvalue weighted by atomic mass is 10.0. The molecule has 0 unspecified atom stereocenters. The Bertz CT molecular complexity index is 412. The molecule has 1 atom stereocenters. The van der Waals surface area contributed by atoms with Gasteiger partial charge in [-0.1, -0.05) is 18.2 Å². The van der Waals surface area contributed by atoms with Crippen LogP contribution in [-0.2, 0) is 4.79 Å². The summed E-state index contributed by atoms with van der Waals surface area (Å²) < 4.78 is 13.8. The van der Waals surface area contributed by atoms with Crippen LogP contribution in [0.1, 0.15) is 18.0 Å². The lowest BCUT2D eigenvalue weighted by Gasteiger charge is -2.24. The number of nitrogens with zero attached hydrogens (tertiary/aromatic N) is 1. The molecule has 0 heterocycles. The summed E-state index contributed by atoms with van der Waals surface area (Å²) in [6, 6.07) is 5.82. The van der Waals surface area contributed by atoms with E-state index in [-0.39, 0.29) is 11.7 Å². The Morgan fingerprint density at radius 1 is 1.42 bits per heavy atom. The van der Waals surface area contributed by atoms with Crippen LogP contribution in [0.5, 0.6) is 0 Å². The van der Waals surface area contributed by atoms with E-state index in [9.17, 15) is 9.18 Å². The van der Waals surface area contributed by atoms with Crippen LogP contribution in [0.3, 0.4) is 0 Å². The maximum absolute atomic E-state index is 13.8. The number of rotatable bonds is 7. The van der Waals surface area contributed by atoms with Crippen molar-refractivity contribution in [3.8, 4) is 0 Å². The number of carbonyl (C=O) groups is 1. The number of hydrogen-bond donors (Lipinski definition) is 1. The van der Waals surface area contributed by atoms with E-state index in [0.29, 0.717) is 12.1 Å². The number of halogens is 1. The van der Waals surface area contributed by atoms with Gasteiger partial charge in [-0.25, -0.2) is 4.39 Å². The zero-order chi connectivity index (χ0) is 14.3. The smallest absolute Gasteiger partial charge is 0.242 e. The Morgan fingerprint density at radius 2 is 2.11 bits per heavy atom. The molecule has 1 amide bonds. The molecule has 1 rings (SSSR count). The summed E-state index contributed by atoms with van der Waals surface area (Å²) in [6.07, 6.45) is 2.95. The zero-order valence-corrected chi connectivity index (χ0v) is 12.5. The minimum absolute atomic E-state index is 0.156. The summed E-state index contributed by atoms with van der Waals surface area (Å²) in [4.78, 5) is 13.9. The maximum Gasteiger partial charge on any atom is 0.242 e. The lowest BCUT2D eigenvalue weighted by Crippen LogP contribution is -2.38. The van der Waals surface area contributed by atoms with Gasteiger partial charge < -0.3 is 5.32 Å². The molecule has 0 aliphatic rings. The molecule has 0 radical (unpaired) electrons. The van der Waals surface area contributed by atoms with Gasteiger partial charge in [-0.15, -0.1) is 0 Å². The molecule has 0 spiro atoms. The van der Waals surface area contributed by atoms with E-state index < -0.39 is 6.04 Å². The number of likely N-dealkylation sites (N-methyl/N-ethyl adjacent to an activating group) is 1. The first-order valence-electron chi connectivity index (χ1n) is 6.25. The van der Waals surface area contributed by atoms with Crippen molar-refractivity contribution in [2.75, 3.05) is 32.6 Å². The Balaban J connectivity index is 2.73. The van der Waals surface area contributed by atoms with Gasteiger partial charge in [0.1, 0.15) is 11.9 Å².